The highest BCUT2D eigenvalue weighted by Gasteiger charge is 2.32. The molecule has 0 unspecified atom stereocenters. The Kier molecular flexibility index (Phi) is 3.25. The summed E-state index contributed by atoms with van der Waals surface area (Å²) in [5, 5.41) is 0. The maximum atomic E-state index is 12.7. The molecule has 0 aliphatic heterocycles. The van der Waals surface area contributed by atoms with Gasteiger partial charge < -0.3 is 15.2 Å². The number of aryl methyl sites for hydroxylation is 1. The van der Waals surface area contributed by atoms with Gasteiger partial charge in [0.2, 0.25) is 0 Å². The van der Waals surface area contributed by atoms with E-state index in [1.165, 1.54) is 25.7 Å². The average Bonchev–Trinajstić information content (AvgIpc) is 3.30. The van der Waals surface area contributed by atoms with Crippen molar-refractivity contribution in [1.29, 1.82) is 0 Å². The van der Waals surface area contributed by atoms with E-state index in [0.717, 1.165) is 37.2 Å². The van der Waals surface area contributed by atoms with E-state index in [2.05, 4.69) is 4.90 Å². The van der Waals surface area contributed by atoms with E-state index in [4.69, 9.17) is 5.73 Å². The highest BCUT2D eigenvalue weighted by Crippen LogP contribution is 2.34. The van der Waals surface area contributed by atoms with Gasteiger partial charge in [0.05, 0.1) is 5.69 Å². The van der Waals surface area contributed by atoms with Crippen molar-refractivity contribution < 1.29 is 4.79 Å². The summed E-state index contributed by atoms with van der Waals surface area (Å²) < 4.78 is 1.96. The fourth-order valence-electron chi connectivity index (χ4n) is 2.60. The lowest BCUT2D eigenvalue weighted by Gasteiger charge is -2.23. The number of anilines is 1. The molecule has 0 aromatic carbocycles. The lowest BCUT2D eigenvalue weighted by atomic mass is 10.2. The van der Waals surface area contributed by atoms with Crippen LogP contribution in [0.25, 0.3) is 0 Å². The highest BCUT2D eigenvalue weighted by atomic mass is 16.2. The summed E-state index contributed by atoms with van der Waals surface area (Å²) in [7, 11) is 0. The Bertz CT molecular complexity index is 458. The molecule has 1 amide bonds. The molecule has 2 N–H and O–H groups in total. The summed E-state index contributed by atoms with van der Waals surface area (Å²) in [6.45, 7) is 4.70. The summed E-state index contributed by atoms with van der Waals surface area (Å²) in [5.74, 6) is 1.65. The molecule has 0 bridgehead atoms. The van der Waals surface area contributed by atoms with Gasteiger partial charge in [-0.05, 0) is 50.5 Å². The zero-order chi connectivity index (χ0) is 13.4. The van der Waals surface area contributed by atoms with E-state index in [1.807, 2.05) is 23.8 Å². The molecule has 0 radical (unpaired) electrons. The van der Waals surface area contributed by atoms with Crippen molar-refractivity contribution in [2.75, 3.05) is 18.8 Å². The minimum atomic E-state index is 0.164. The standard InChI is InChI=1S/C15H23N3O/c1-2-17-10-13(16)7-14(17)15(19)18(8-11-3-4-11)9-12-5-6-12/h7,10-12H,2-6,8-9,16H2,1H3. The molecule has 1 aromatic rings. The molecule has 2 saturated carbocycles. The number of nitrogens with zero attached hydrogens (tertiary/aromatic N) is 2. The Morgan fingerprint density at radius 2 is 1.89 bits per heavy atom. The minimum Gasteiger partial charge on any atom is -0.397 e. The van der Waals surface area contributed by atoms with Crippen molar-refractivity contribution in [3.8, 4) is 0 Å². The fraction of sp³-hybridized carbons (Fsp3) is 0.667. The predicted molar refractivity (Wildman–Crippen MR) is 75.9 cm³/mol. The largest absolute Gasteiger partial charge is 0.397 e. The SMILES string of the molecule is CCn1cc(N)cc1C(=O)N(CC1CC1)CC1CC1. The first-order valence-corrected chi connectivity index (χ1v) is 7.42. The normalized spacial score (nSPS) is 18.6. The van der Waals surface area contributed by atoms with Crippen LogP contribution in [0.4, 0.5) is 5.69 Å². The van der Waals surface area contributed by atoms with Crippen LogP contribution in [-0.2, 0) is 6.54 Å². The average molecular weight is 261 g/mol. The number of carbonyl (C=O) groups is 1. The van der Waals surface area contributed by atoms with E-state index >= 15 is 0 Å². The van der Waals surface area contributed by atoms with Crippen molar-refractivity contribution in [1.82, 2.24) is 9.47 Å². The van der Waals surface area contributed by atoms with Gasteiger partial charge in [0, 0.05) is 25.8 Å². The third kappa shape index (κ3) is 2.94. The summed E-state index contributed by atoms with van der Waals surface area (Å²) >= 11 is 0. The molecule has 1 aromatic heterocycles. The van der Waals surface area contributed by atoms with Crippen molar-refractivity contribution >= 4 is 11.6 Å². The molecule has 2 aliphatic rings. The first-order valence-electron chi connectivity index (χ1n) is 7.42. The van der Waals surface area contributed by atoms with E-state index < -0.39 is 0 Å². The van der Waals surface area contributed by atoms with Gasteiger partial charge >= 0.3 is 0 Å². The molecule has 19 heavy (non-hydrogen) atoms. The monoisotopic (exact) mass is 261 g/mol. The lowest BCUT2D eigenvalue weighted by Crippen LogP contribution is -2.35. The first kappa shape index (κ1) is 12.6. The van der Waals surface area contributed by atoms with Crippen LogP contribution < -0.4 is 5.73 Å². The second kappa shape index (κ2) is 4.91. The van der Waals surface area contributed by atoms with Gasteiger partial charge in [-0.2, -0.15) is 0 Å². The number of rotatable bonds is 6. The molecule has 104 valence electrons. The van der Waals surface area contributed by atoms with E-state index in [9.17, 15) is 4.79 Å². The number of carbonyl (C=O) groups excluding carboxylic acids is 1. The molecule has 0 atom stereocenters. The third-order valence-corrected chi connectivity index (χ3v) is 4.12. The van der Waals surface area contributed by atoms with Crippen molar-refractivity contribution in [2.24, 2.45) is 11.8 Å². The number of nitrogen functional groups attached to an aromatic ring is 1. The van der Waals surface area contributed by atoms with Gasteiger partial charge in [-0.3, -0.25) is 4.79 Å². The van der Waals surface area contributed by atoms with Crippen molar-refractivity contribution in [3.05, 3.63) is 18.0 Å². The fourth-order valence-corrected chi connectivity index (χ4v) is 2.60. The Morgan fingerprint density at radius 1 is 1.32 bits per heavy atom. The van der Waals surface area contributed by atoms with Crippen LogP contribution in [-0.4, -0.2) is 28.5 Å². The van der Waals surface area contributed by atoms with Gasteiger partial charge in [-0.25, -0.2) is 0 Å². The molecule has 3 rings (SSSR count). The molecule has 0 saturated heterocycles. The number of amides is 1. The zero-order valence-electron chi connectivity index (χ0n) is 11.6. The highest BCUT2D eigenvalue weighted by molar-refractivity contribution is 5.94. The van der Waals surface area contributed by atoms with Gasteiger partial charge in [0.1, 0.15) is 5.69 Å². The van der Waals surface area contributed by atoms with Gasteiger partial charge in [0.25, 0.3) is 5.91 Å². The van der Waals surface area contributed by atoms with Crippen molar-refractivity contribution in [3.63, 3.8) is 0 Å². The van der Waals surface area contributed by atoms with Crippen molar-refractivity contribution in [2.45, 2.75) is 39.2 Å². The number of nitrogens with two attached hydrogens (primary N) is 1. The lowest BCUT2D eigenvalue weighted by molar-refractivity contribution is 0.0729. The molecule has 1 heterocycles. The predicted octanol–water partition coefficient (Wildman–Crippen LogP) is 2.35. The van der Waals surface area contributed by atoms with Crippen LogP contribution in [0.5, 0.6) is 0 Å². The second-order valence-electron chi connectivity index (χ2n) is 6.04. The summed E-state index contributed by atoms with van der Waals surface area (Å²) in [5.41, 5.74) is 7.26. The molecule has 4 heteroatoms. The quantitative estimate of drug-likeness (QED) is 0.854. The van der Waals surface area contributed by atoms with E-state index in [0.29, 0.717) is 5.69 Å². The van der Waals surface area contributed by atoms with Crippen LogP contribution >= 0.6 is 0 Å². The van der Waals surface area contributed by atoms with Gasteiger partial charge in [0.15, 0.2) is 0 Å². The minimum absolute atomic E-state index is 0.164. The number of hydrogen-bond acceptors (Lipinski definition) is 2. The molecular formula is C15H23N3O. The first-order chi connectivity index (χ1) is 9.17. The van der Waals surface area contributed by atoms with Crippen LogP contribution in [0.1, 0.15) is 43.1 Å². The van der Waals surface area contributed by atoms with Crippen LogP contribution in [0, 0.1) is 11.8 Å². The van der Waals surface area contributed by atoms with Crippen LogP contribution in [0.15, 0.2) is 12.3 Å². The van der Waals surface area contributed by atoms with Gasteiger partial charge in [-0.15, -0.1) is 0 Å². The maximum absolute atomic E-state index is 12.7. The maximum Gasteiger partial charge on any atom is 0.270 e. The molecular weight excluding hydrogens is 238 g/mol. The molecule has 2 fully saturated rings. The smallest absolute Gasteiger partial charge is 0.270 e. The molecule has 0 spiro atoms. The Morgan fingerprint density at radius 3 is 2.37 bits per heavy atom. The summed E-state index contributed by atoms with van der Waals surface area (Å²) in [6.07, 6.45) is 6.99. The topological polar surface area (TPSA) is 51.3 Å². The Balaban J connectivity index is 1.76. The second-order valence-corrected chi connectivity index (χ2v) is 6.04. The van der Waals surface area contributed by atoms with Gasteiger partial charge in [-0.1, -0.05) is 0 Å². The number of hydrogen-bond donors (Lipinski definition) is 1. The van der Waals surface area contributed by atoms with Crippen LogP contribution in [0.3, 0.4) is 0 Å². The Labute approximate surface area is 114 Å². The zero-order valence-corrected chi connectivity index (χ0v) is 11.6. The third-order valence-electron chi connectivity index (χ3n) is 4.12. The number of aromatic nitrogens is 1. The van der Waals surface area contributed by atoms with E-state index in [1.54, 1.807) is 0 Å². The molecule has 2 aliphatic carbocycles. The van der Waals surface area contributed by atoms with Crippen LogP contribution in [0.2, 0.25) is 0 Å². The Hall–Kier alpha value is -1.45. The summed E-state index contributed by atoms with van der Waals surface area (Å²) in [6, 6.07) is 1.82. The van der Waals surface area contributed by atoms with E-state index in [-0.39, 0.29) is 5.91 Å². The molecule has 4 nitrogen and oxygen atoms in total. The summed E-state index contributed by atoms with van der Waals surface area (Å²) in [4.78, 5) is 14.8.